The second kappa shape index (κ2) is 9.59. The predicted octanol–water partition coefficient (Wildman–Crippen LogP) is 5.50. The number of halogens is 2. The lowest BCUT2D eigenvalue weighted by molar-refractivity contribution is -0.118. The van der Waals surface area contributed by atoms with Gasteiger partial charge in [0.05, 0.1) is 16.8 Å². The zero-order valence-electron chi connectivity index (χ0n) is 15.9. The molecule has 9 heteroatoms. The molecule has 154 valence electrons. The Hall–Kier alpha value is -2.42. The number of thiazole rings is 1. The number of carbonyl (C=O) groups is 1. The largest absolute Gasteiger partial charge is 0.286 e. The summed E-state index contributed by atoms with van der Waals surface area (Å²) in [5.74, 6) is 0.299. The van der Waals surface area contributed by atoms with Crippen LogP contribution in [-0.4, -0.2) is 33.0 Å². The van der Waals surface area contributed by atoms with Crippen molar-refractivity contribution in [2.45, 2.75) is 17.9 Å². The number of thioether (sulfide) groups is 1. The Morgan fingerprint density at radius 1 is 1.23 bits per heavy atom. The van der Waals surface area contributed by atoms with E-state index in [1.54, 1.807) is 33.6 Å². The van der Waals surface area contributed by atoms with Crippen LogP contribution in [0.1, 0.15) is 6.42 Å². The van der Waals surface area contributed by atoms with E-state index < -0.39 is 0 Å². The molecule has 4 rings (SSSR count). The van der Waals surface area contributed by atoms with Gasteiger partial charge in [0.25, 0.3) is 0 Å². The Bertz CT molecular complexity index is 1130. The number of benzene rings is 2. The molecule has 1 amide bonds. The molecule has 0 saturated carbocycles. The summed E-state index contributed by atoms with van der Waals surface area (Å²) < 4.78 is 16.1. The van der Waals surface area contributed by atoms with Crippen LogP contribution < -0.4 is 4.90 Å². The Balaban J connectivity index is 1.47. The summed E-state index contributed by atoms with van der Waals surface area (Å²) in [5.41, 5.74) is 0.684. The Labute approximate surface area is 186 Å². The van der Waals surface area contributed by atoms with Gasteiger partial charge in [-0.2, -0.15) is 5.10 Å². The molecule has 2 aromatic carbocycles. The fourth-order valence-corrected chi connectivity index (χ4v) is 4.89. The fourth-order valence-electron chi connectivity index (χ4n) is 2.89. The standard InChI is InChI=1S/C21H18ClFN4OS2/c22-15-2-5-17(6-3-15)29-13-8-20(28)27(12-11-26-10-1-9-24-26)21-25-18-7-4-16(23)14-19(18)30-21/h1-7,9-10,14H,8,11-13H2. The van der Waals surface area contributed by atoms with Crippen LogP contribution in [0.2, 0.25) is 5.02 Å². The lowest BCUT2D eigenvalue weighted by atomic mass is 10.3. The predicted molar refractivity (Wildman–Crippen MR) is 121 cm³/mol. The maximum Gasteiger partial charge on any atom is 0.229 e. The van der Waals surface area contributed by atoms with E-state index in [4.69, 9.17) is 11.6 Å². The molecule has 0 fully saturated rings. The van der Waals surface area contributed by atoms with Crippen molar-refractivity contribution in [2.75, 3.05) is 17.2 Å². The summed E-state index contributed by atoms with van der Waals surface area (Å²) in [6, 6.07) is 13.9. The van der Waals surface area contributed by atoms with Crippen LogP contribution in [0.15, 0.2) is 65.8 Å². The van der Waals surface area contributed by atoms with Crippen LogP contribution in [0.5, 0.6) is 0 Å². The zero-order valence-corrected chi connectivity index (χ0v) is 18.3. The molecule has 0 aliphatic heterocycles. The second-order valence-electron chi connectivity index (χ2n) is 6.48. The quantitative estimate of drug-likeness (QED) is 0.326. The van der Waals surface area contributed by atoms with Gasteiger partial charge in [0.15, 0.2) is 5.13 Å². The minimum atomic E-state index is -0.313. The molecule has 0 atom stereocenters. The molecule has 2 aromatic heterocycles. The highest BCUT2D eigenvalue weighted by molar-refractivity contribution is 7.99. The monoisotopic (exact) mass is 460 g/mol. The maximum atomic E-state index is 13.6. The van der Waals surface area contributed by atoms with Gasteiger partial charge in [-0.05, 0) is 48.5 Å². The van der Waals surface area contributed by atoms with Gasteiger partial charge < -0.3 is 0 Å². The number of amides is 1. The number of hydrogen-bond donors (Lipinski definition) is 0. The molecule has 0 N–H and O–H groups in total. The minimum absolute atomic E-state index is 0.0249. The number of hydrogen-bond acceptors (Lipinski definition) is 5. The number of rotatable bonds is 8. The fraction of sp³-hybridized carbons (Fsp3) is 0.190. The number of aromatic nitrogens is 3. The van der Waals surface area contributed by atoms with Gasteiger partial charge in [0.1, 0.15) is 5.82 Å². The summed E-state index contributed by atoms with van der Waals surface area (Å²) >= 11 is 8.84. The minimum Gasteiger partial charge on any atom is -0.286 e. The Kier molecular flexibility index (Phi) is 6.66. The molecular weight excluding hydrogens is 443 g/mol. The van der Waals surface area contributed by atoms with Crippen molar-refractivity contribution < 1.29 is 9.18 Å². The van der Waals surface area contributed by atoms with Crippen LogP contribution >= 0.6 is 34.7 Å². The van der Waals surface area contributed by atoms with E-state index in [-0.39, 0.29) is 11.7 Å². The molecule has 5 nitrogen and oxygen atoms in total. The van der Waals surface area contributed by atoms with Crippen molar-refractivity contribution >= 4 is 56.0 Å². The van der Waals surface area contributed by atoms with Crippen molar-refractivity contribution in [1.82, 2.24) is 14.8 Å². The number of carbonyl (C=O) groups excluding carboxylic acids is 1. The first-order chi connectivity index (χ1) is 14.6. The highest BCUT2D eigenvalue weighted by Crippen LogP contribution is 2.30. The third-order valence-electron chi connectivity index (χ3n) is 4.38. The first-order valence-corrected chi connectivity index (χ1v) is 11.5. The van der Waals surface area contributed by atoms with E-state index in [0.29, 0.717) is 40.9 Å². The van der Waals surface area contributed by atoms with Gasteiger partial charge in [-0.3, -0.25) is 14.4 Å². The smallest absolute Gasteiger partial charge is 0.229 e. The molecule has 0 spiro atoms. The average Bonchev–Trinajstić information content (AvgIpc) is 3.39. The Morgan fingerprint density at radius 2 is 2.07 bits per heavy atom. The zero-order chi connectivity index (χ0) is 20.9. The highest BCUT2D eigenvalue weighted by Gasteiger charge is 2.20. The SMILES string of the molecule is O=C(CCSc1ccc(Cl)cc1)N(CCn1cccn1)c1nc2ccc(F)cc2s1. The van der Waals surface area contributed by atoms with Crippen molar-refractivity contribution in [3.8, 4) is 0 Å². The van der Waals surface area contributed by atoms with Gasteiger partial charge in [0.2, 0.25) is 5.91 Å². The van der Waals surface area contributed by atoms with E-state index in [9.17, 15) is 9.18 Å². The van der Waals surface area contributed by atoms with E-state index in [0.717, 1.165) is 9.60 Å². The maximum absolute atomic E-state index is 13.6. The number of anilines is 1. The third-order valence-corrected chi connectivity index (χ3v) is 6.69. The van der Waals surface area contributed by atoms with Gasteiger partial charge in [-0.25, -0.2) is 9.37 Å². The summed E-state index contributed by atoms with van der Waals surface area (Å²) in [4.78, 5) is 20.3. The van der Waals surface area contributed by atoms with Gasteiger partial charge in [0, 0.05) is 41.0 Å². The number of nitrogens with zero attached hydrogens (tertiary/aromatic N) is 4. The van der Waals surface area contributed by atoms with Gasteiger partial charge >= 0.3 is 0 Å². The highest BCUT2D eigenvalue weighted by atomic mass is 35.5. The molecule has 0 radical (unpaired) electrons. The normalized spacial score (nSPS) is 11.1. The molecule has 0 aliphatic carbocycles. The average molecular weight is 461 g/mol. The molecule has 0 aliphatic rings. The van der Waals surface area contributed by atoms with Crippen LogP contribution in [0.25, 0.3) is 10.2 Å². The molecular formula is C21H18ClFN4OS2. The van der Waals surface area contributed by atoms with E-state index in [1.807, 2.05) is 36.5 Å². The van der Waals surface area contributed by atoms with Crippen molar-refractivity contribution in [3.63, 3.8) is 0 Å². The first-order valence-electron chi connectivity index (χ1n) is 9.31. The molecule has 0 bridgehead atoms. The molecule has 2 heterocycles. The van der Waals surface area contributed by atoms with Gasteiger partial charge in [-0.1, -0.05) is 22.9 Å². The van der Waals surface area contributed by atoms with Crippen LogP contribution in [0.4, 0.5) is 9.52 Å². The molecule has 0 unspecified atom stereocenters. The van der Waals surface area contributed by atoms with Crippen molar-refractivity contribution in [2.24, 2.45) is 0 Å². The summed E-state index contributed by atoms with van der Waals surface area (Å²) in [6.07, 6.45) is 3.92. The molecule has 0 saturated heterocycles. The second-order valence-corrected chi connectivity index (χ2v) is 9.09. The summed E-state index contributed by atoms with van der Waals surface area (Å²) in [6.45, 7) is 0.988. The lowest BCUT2D eigenvalue weighted by Gasteiger charge is -2.20. The van der Waals surface area contributed by atoms with E-state index in [2.05, 4.69) is 10.1 Å². The van der Waals surface area contributed by atoms with Crippen molar-refractivity contribution in [3.05, 3.63) is 71.8 Å². The van der Waals surface area contributed by atoms with Crippen molar-refractivity contribution in [1.29, 1.82) is 0 Å². The van der Waals surface area contributed by atoms with Crippen LogP contribution in [0, 0.1) is 5.82 Å². The van der Waals surface area contributed by atoms with Crippen LogP contribution in [-0.2, 0) is 11.3 Å². The van der Waals surface area contributed by atoms with E-state index >= 15 is 0 Å². The summed E-state index contributed by atoms with van der Waals surface area (Å²) in [5, 5.41) is 5.46. The lowest BCUT2D eigenvalue weighted by Crippen LogP contribution is -2.34. The number of fused-ring (bicyclic) bond motifs is 1. The Morgan fingerprint density at radius 3 is 2.83 bits per heavy atom. The molecule has 30 heavy (non-hydrogen) atoms. The third kappa shape index (κ3) is 5.19. The van der Waals surface area contributed by atoms with E-state index in [1.165, 1.54) is 23.5 Å². The topological polar surface area (TPSA) is 51.0 Å². The summed E-state index contributed by atoms with van der Waals surface area (Å²) in [7, 11) is 0. The molecule has 4 aromatic rings. The van der Waals surface area contributed by atoms with Crippen LogP contribution in [0.3, 0.4) is 0 Å². The van der Waals surface area contributed by atoms with Gasteiger partial charge in [-0.15, -0.1) is 11.8 Å². The first kappa shape index (κ1) is 20.8.